The van der Waals surface area contributed by atoms with Crippen molar-refractivity contribution in [2.75, 3.05) is 0 Å². The van der Waals surface area contributed by atoms with Crippen molar-refractivity contribution in [3.63, 3.8) is 0 Å². The second-order valence-electron chi connectivity index (χ2n) is 0.713. The van der Waals surface area contributed by atoms with Gasteiger partial charge in [0.05, 0.1) is 0 Å². The third-order valence-corrected chi connectivity index (χ3v) is 1.79. The molecular formula is C2H4N2O2Y. The van der Waals surface area contributed by atoms with Crippen LogP contribution in [0.5, 0.6) is 0 Å². The van der Waals surface area contributed by atoms with Crippen LogP contribution in [0, 0.1) is 0 Å². The van der Waals surface area contributed by atoms with Crippen LogP contribution in [0.15, 0.2) is 0 Å². The number of amides is 2. The van der Waals surface area contributed by atoms with E-state index in [1.54, 1.807) is 0 Å². The molecule has 0 aromatic carbocycles. The quantitative estimate of drug-likeness (QED) is 0.401. The molecule has 0 aliphatic carbocycles. The molecule has 0 unspecified atom stereocenters. The van der Waals surface area contributed by atoms with Crippen LogP contribution in [0.25, 0.3) is 0 Å². The van der Waals surface area contributed by atoms with E-state index in [0.29, 0.717) is 12.8 Å². The number of hydrogen-bond acceptors (Lipinski definition) is 2. The van der Waals surface area contributed by atoms with Crippen molar-refractivity contribution in [3.05, 3.63) is 0 Å². The molecule has 7 heavy (non-hydrogen) atoms. The molecule has 2 amide bonds. The van der Waals surface area contributed by atoms with Crippen molar-refractivity contribution in [1.29, 1.82) is 0 Å². The van der Waals surface area contributed by atoms with Crippen molar-refractivity contribution >= 4 is 12.8 Å². The topological polar surface area (TPSA) is 58.2 Å². The van der Waals surface area contributed by atoms with E-state index in [-0.39, 0.29) is 0 Å². The summed E-state index contributed by atoms with van der Waals surface area (Å²) in [6.07, 6.45) is 1.19. The molecule has 0 saturated carbocycles. The first-order valence-corrected chi connectivity index (χ1v) is 4.46. The molecule has 4 nitrogen and oxygen atoms in total. The van der Waals surface area contributed by atoms with Crippen molar-refractivity contribution in [2.24, 2.45) is 0 Å². The van der Waals surface area contributed by atoms with E-state index < -0.39 is 29.9 Å². The van der Waals surface area contributed by atoms with Gasteiger partial charge in [0.2, 0.25) is 0 Å². The summed E-state index contributed by atoms with van der Waals surface area (Å²) in [7, 11) is 0. The molecule has 0 heterocycles. The Morgan fingerprint density at radius 1 is 1.14 bits per heavy atom. The summed E-state index contributed by atoms with van der Waals surface area (Å²) in [5, 5.41) is 0. The second kappa shape index (κ2) is 6.04. The summed E-state index contributed by atoms with van der Waals surface area (Å²) < 4.78 is 4.83. The number of nitrogens with one attached hydrogen (secondary N) is 2. The standard InChI is InChI=1S/2CH3NO.Y/c2*2-1-3;/h2*1H,(H2,2,3);/q;;+2/p-2. The van der Waals surface area contributed by atoms with E-state index in [9.17, 15) is 9.59 Å². The third-order valence-electron chi connectivity index (χ3n) is 0.303. The number of carbonyl (C=O) groups is 2. The summed E-state index contributed by atoms with van der Waals surface area (Å²) in [4.78, 5) is 18.9. The monoisotopic (exact) mass is 177 g/mol. The summed E-state index contributed by atoms with van der Waals surface area (Å²) in [6, 6.07) is 0. The number of carbonyl (C=O) groups excluding carboxylic acids is 2. The number of hydrogen-bond donors (Lipinski definition) is 2. The molecular weight excluding hydrogens is 173 g/mol. The molecule has 0 atom stereocenters. The Labute approximate surface area is 57.1 Å². The SMILES string of the molecule is O=C[NH][Y][NH]C=O. The normalized spacial score (nSPS) is 5.71. The van der Waals surface area contributed by atoms with Gasteiger partial charge < -0.3 is 0 Å². The van der Waals surface area contributed by atoms with Gasteiger partial charge in [0.15, 0.2) is 0 Å². The zero-order valence-corrected chi connectivity index (χ0v) is 6.39. The maximum atomic E-state index is 9.46. The molecule has 0 saturated heterocycles. The Morgan fingerprint density at radius 2 is 1.57 bits per heavy atom. The minimum absolute atomic E-state index is 0.595. The molecule has 0 aliphatic heterocycles. The maximum absolute atomic E-state index is 9.46. The average Bonchev–Trinajstić information content (AvgIpc) is 1.69. The molecule has 0 aromatic heterocycles. The average molecular weight is 177 g/mol. The van der Waals surface area contributed by atoms with Crippen LogP contribution in [0.4, 0.5) is 0 Å². The predicted octanol–water partition coefficient (Wildman–Crippen LogP) is -1.61. The van der Waals surface area contributed by atoms with Gasteiger partial charge in [-0.05, 0) is 0 Å². The Morgan fingerprint density at radius 3 is 1.86 bits per heavy atom. The predicted molar refractivity (Wildman–Crippen MR) is 18.4 cm³/mol. The van der Waals surface area contributed by atoms with E-state index >= 15 is 0 Å². The molecule has 0 bridgehead atoms. The van der Waals surface area contributed by atoms with Gasteiger partial charge in [-0.25, -0.2) is 0 Å². The molecule has 37 valence electrons. The first kappa shape index (κ1) is 7.04. The van der Waals surface area contributed by atoms with Crippen molar-refractivity contribution in [1.82, 2.24) is 4.90 Å². The van der Waals surface area contributed by atoms with Crippen LogP contribution in [-0.2, 0) is 39.5 Å². The minimum atomic E-state index is -1.20. The Bertz CT molecular complexity index is 58.7. The summed E-state index contributed by atoms with van der Waals surface area (Å²) in [6.45, 7) is 0. The van der Waals surface area contributed by atoms with E-state index in [4.69, 9.17) is 0 Å². The molecule has 0 aromatic rings. The molecule has 0 fully saturated rings. The molecule has 5 heteroatoms. The second-order valence-corrected chi connectivity index (χ2v) is 3.06. The number of rotatable bonds is 4. The van der Waals surface area contributed by atoms with Crippen molar-refractivity contribution in [3.8, 4) is 0 Å². The van der Waals surface area contributed by atoms with Gasteiger partial charge >= 0.3 is 57.2 Å². The fourth-order valence-electron chi connectivity index (χ4n) is 0.116. The first-order valence-electron chi connectivity index (χ1n) is 1.63. The van der Waals surface area contributed by atoms with Crippen molar-refractivity contribution in [2.45, 2.75) is 0 Å². The molecule has 0 radical (unpaired) electrons. The fourth-order valence-corrected chi connectivity index (χ4v) is 0.687. The van der Waals surface area contributed by atoms with E-state index in [0.717, 1.165) is 0 Å². The molecule has 0 rings (SSSR count). The van der Waals surface area contributed by atoms with Crippen LogP contribution in [0.1, 0.15) is 0 Å². The van der Waals surface area contributed by atoms with Crippen molar-refractivity contribution < 1.29 is 39.5 Å². The van der Waals surface area contributed by atoms with Gasteiger partial charge in [0, 0.05) is 0 Å². The Balaban J connectivity index is 2.68. The summed E-state index contributed by atoms with van der Waals surface area (Å²) in [5.74, 6) is 0. The molecule has 2 N–H and O–H groups in total. The van der Waals surface area contributed by atoms with E-state index in [2.05, 4.69) is 4.90 Å². The van der Waals surface area contributed by atoms with Gasteiger partial charge in [-0.1, -0.05) is 0 Å². The zero-order chi connectivity index (χ0) is 5.54. The zero-order valence-electron chi connectivity index (χ0n) is 3.55. The van der Waals surface area contributed by atoms with Crippen LogP contribution in [0.3, 0.4) is 0 Å². The van der Waals surface area contributed by atoms with E-state index in [1.165, 1.54) is 0 Å². The van der Waals surface area contributed by atoms with Gasteiger partial charge in [-0.2, -0.15) is 0 Å². The Hall–Kier alpha value is 0.0439. The molecule has 0 spiro atoms. The summed E-state index contributed by atoms with van der Waals surface area (Å²) in [5.41, 5.74) is 0. The molecule has 0 aliphatic rings. The van der Waals surface area contributed by atoms with Crippen LogP contribution >= 0.6 is 0 Å². The van der Waals surface area contributed by atoms with Gasteiger partial charge in [-0.15, -0.1) is 0 Å². The summed E-state index contributed by atoms with van der Waals surface area (Å²) >= 11 is -1.20. The van der Waals surface area contributed by atoms with E-state index in [1.807, 2.05) is 0 Å². The fraction of sp³-hybridized carbons (Fsp3) is 0. The van der Waals surface area contributed by atoms with Crippen LogP contribution in [-0.4, -0.2) is 12.8 Å². The first-order chi connectivity index (χ1) is 3.41. The van der Waals surface area contributed by atoms with Crippen LogP contribution < -0.4 is 4.90 Å². The third kappa shape index (κ3) is 6.04. The van der Waals surface area contributed by atoms with Crippen LogP contribution in [0.2, 0.25) is 0 Å². The van der Waals surface area contributed by atoms with Gasteiger partial charge in [0.25, 0.3) is 0 Å². The van der Waals surface area contributed by atoms with Gasteiger partial charge in [0.1, 0.15) is 0 Å². The Kier molecular flexibility index (Phi) is 6.08. The van der Waals surface area contributed by atoms with Gasteiger partial charge in [-0.3, -0.25) is 0 Å².